The Morgan fingerprint density at radius 2 is 2.05 bits per heavy atom. The van der Waals surface area contributed by atoms with E-state index < -0.39 is 0 Å². The van der Waals surface area contributed by atoms with E-state index in [2.05, 4.69) is 15.3 Å². The highest BCUT2D eigenvalue weighted by molar-refractivity contribution is 7.12. The van der Waals surface area contributed by atoms with Crippen LogP contribution in [0.2, 0.25) is 5.02 Å². The third-order valence-corrected chi connectivity index (χ3v) is 3.88. The molecule has 5 nitrogen and oxygen atoms in total. The number of rotatable bonds is 4. The molecular weight excluding hydrogens is 306 g/mol. The molecule has 0 aliphatic heterocycles. The minimum absolute atomic E-state index is 0.325. The van der Waals surface area contributed by atoms with Crippen LogP contribution < -0.4 is 5.73 Å². The molecule has 2 heterocycles. The smallest absolute Gasteiger partial charge is 0.212 e. The van der Waals surface area contributed by atoms with Gasteiger partial charge in [0.25, 0.3) is 0 Å². The maximum atomic E-state index is 5.88. The Bertz CT molecular complexity index is 746. The summed E-state index contributed by atoms with van der Waals surface area (Å²) >= 11 is 7.38. The quantitative estimate of drug-likeness (QED) is 0.803. The van der Waals surface area contributed by atoms with E-state index in [1.807, 2.05) is 41.8 Å². The van der Waals surface area contributed by atoms with Gasteiger partial charge in [-0.1, -0.05) is 35.0 Å². The topological polar surface area (TPSA) is 69.6 Å². The zero-order valence-corrected chi connectivity index (χ0v) is 12.6. The van der Waals surface area contributed by atoms with Crippen molar-refractivity contribution in [2.75, 3.05) is 0 Å². The molecule has 0 fully saturated rings. The summed E-state index contributed by atoms with van der Waals surface area (Å²) in [6, 6.07) is 7.58. The van der Waals surface area contributed by atoms with Crippen molar-refractivity contribution in [3.8, 4) is 5.13 Å². The first-order valence-corrected chi connectivity index (χ1v) is 7.52. The van der Waals surface area contributed by atoms with Crippen LogP contribution in [0.1, 0.15) is 17.0 Å². The fourth-order valence-electron chi connectivity index (χ4n) is 1.84. The minimum atomic E-state index is 0.325. The lowest BCUT2D eigenvalue weighted by atomic mass is 10.2. The molecule has 106 valence electrons. The molecule has 1 aromatic carbocycles. The van der Waals surface area contributed by atoms with Crippen LogP contribution in [0.3, 0.4) is 0 Å². The Morgan fingerprint density at radius 3 is 2.71 bits per heavy atom. The van der Waals surface area contributed by atoms with Gasteiger partial charge in [0.15, 0.2) is 0 Å². The second-order valence-electron chi connectivity index (χ2n) is 4.24. The van der Waals surface area contributed by atoms with Crippen molar-refractivity contribution in [3.63, 3.8) is 0 Å². The highest BCUT2D eigenvalue weighted by Gasteiger charge is 2.12. The molecule has 0 bridgehead atoms. The molecule has 3 rings (SSSR count). The number of nitrogens with zero attached hydrogens (tertiary/aromatic N) is 4. The highest BCUT2D eigenvalue weighted by atomic mass is 35.5. The summed E-state index contributed by atoms with van der Waals surface area (Å²) in [5, 5.41) is 11.6. The predicted octanol–water partition coefficient (Wildman–Crippen LogP) is 3.01. The van der Waals surface area contributed by atoms with Gasteiger partial charge < -0.3 is 5.73 Å². The van der Waals surface area contributed by atoms with Gasteiger partial charge in [-0.05, 0) is 23.8 Å². The van der Waals surface area contributed by atoms with Crippen molar-refractivity contribution in [3.05, 3.63) is 57.8 Å². The summed E-state index contributed by atoms with van der Waals surface area (Å²) in [6.45, 7) is 0.325. The number of thiazole rings is 1. The molecule has 2 N–H and O–H groups in total. The molecule has 0 radical (unpaired) electrons. The van der Waals surface area contributed by atoms with Gasteiger partial charge in [0.1, 0.15) is 5.69 Å². The monoisotopic (exact) mass is 317 g/mol. The Hall–Kier alpha value is -2.02. The van der Waals surface area contributed by atoms with E-state index in [4.69, 9.17) is 17.3 Å². The zero-order valence-electron chi connectivity index (χ0n) is 11.0. The van der Waals surface area contributed by atoms with Crippen molar-refractivity contribution < 1.29 is 0 Å². The van der Waals surface area contributed by atoms with Crippen LogP contribution in [0, 0.1) is 0 Å². The van der Waals surface area contributed by atoms with E-state index in [1.54, 1.807) is 10.9 Å². The summed E-state index contributed by atoms with van der Waals surface area (Å²) in [7, 11) is 0. The molecule has 7 heteroatoms. The van der Waals surface area contributed by atoms with Crippen LogP contribution in [-0.4, -0.2) is 20.0 Å². The van der Waals surface area contributed by atoms with Crippen LogP contribution >= 0.6 is 22.9 Å². The van der Waals surface area contributed by atoms with Crippen molar-refractivity contribution >= 4 is 35.1 Å². The van der Waals surface area contributed by atoms with Gasteiger partial charge in [0, 0.05) is 23.1 Å². The first kappa shape index (κ1) is 13.9. The summed E-state index contributed by atoms with van der Waals surface area (Å²) in [6.07, 6.45) is 5.64. The molecule has 0 aliphatic carbocycles. The van der Waals surface area contributed by atoms with Gasteiger partial charge in [-0.3, -0.25) is 0 Å². The molecular formula is C14H12ClN5S. The van der Waals surface area contributed by atoms with Gasteiger partial charge in [-0.25, -0.2) is 4.98 Å². The molecule has 0 aliphatic rings. The Labute approximate surface area is 130 Å². The zero-order chi connectivity index (χ0) is 14.7. The fraction of sp³-hybridized carbons (Fsp3) is 0.0714. The lowest BCUT2D eigenvalue weighted by Gasteiger charge is -2.00. The molecule has 0 spiro atoms. The number of benzene rings is 1. The van der Waals surface area contributed by atoms with E-state index in [0.29, 0.717) is 11.6 Å². The second kappa shape index (κ2) is 6.17. The van der Waals surface area contributed by atoms with Crippen LogP contribution in [0.15, 0.2) is 35.8 Å². The van der Waals surface area contributed by atoms with Crippen molar-refractivity contribution in [2.45, 2.75) is 6.54 Å². The van der Waals surface area contributed by atoms with Crippen LogP contribution in [0.4, 0.5) is 0 Å². The average Bonchev–Trinajstić information content (AvgIpc) is 3.15. The van der Waals surface area contributed by atoms with E-state index in [1.165, 1.54) is 11.3 Å². The SMILES string of the molecule is NCc1nnn(-c2nccs2)c1/C=C/c1ccc(Cl)cc1. The molecule has 0 saturated heterocycles. The van der Waals surface area contributed by atoms with E-state index >= 15 is 0 Å². The number of aromatic nitrogens is 4. The lowest BCUT2D eigenvalue weighted by Crippen LogP contribution is -2.02. The molecule has 3 aromatic rings. The average molecular weight is 318 g/mol. The summed E-state index contributed by atoms with van der Waals surface area (Å²) in [5.41, 5.74) is 8.33. The molecule has 0 atom stereocenters. The Balaban J connectivity index is 1.97. The summed E-state index contributed by atoms with van der Waals surface area (Å²) in [5.74, 6) is 0. The molecule has 0 amide bonds. The van der Waals surface area contributed by atoms with Gasteiger partial charge in [-0.2, -0.15) is 4.68 Å². The lowest BCUT2D eigenvalue weighted by molar-refractivity contribution is 0.787. The van der Waals surface area contributed by atoms with Crippen LogP contribution in [-0.2, 0) is 6.54 Å². The Kier molecular flexibility index (Phi) is 4.10. The standard InChI is InChI=1S/C14H12ClN5S/c15-11-4-1-10(2-5-11)3-6-13-12(9-16)18-19-20(13)14-17-7-8-21-14/h1-8H,9,16H2/b6-3+. The normalized spacial score (nSPS) is 11.3. The second-order valence-corrected chi connectivity index (χ2v) is 5.55. The molecule has 21 heavy (non-hydrogen) atoms. The van der Waals surface area contributed by atoms with E-state index in [0.717, 1.165) is 22.1 Å². The number of halogens is 1. The summed E-state index contributed by atoms with van der Waals surface area (Å²) < 4.78 is 1.69. The highest BCUT2D eigenvalue weighted by Crippen LogP contribution is 2.18. The third-order valence-electron chi connectivity index (χ3n) is 2.88. The number of hydrogen-bond donors (Lipinski definition) is 1. The first-order chi connectivity index (χ1) is 10.3. The Morgan fingerprint density at radius 1 is 1.24 bits per heavy atom. The maximum Gasteiger partial charge on any atom is 0.212 e. The minimum Gasteiger partial charge on any atom is -0.325 e. The first-order valence-electron chi connectivity index (χ1n) is 6.26. The largest absolute Gasteiger partial charge is 0.325 e. The van der Waals surface area contributed by atoms with E-state index in [9.17, 15) is 0 Å². The van der Waals surface area contributed by atoms with Gasteiger partial charge in [-0.15, -0.1) is 16.4 Å². The molecule has 2 aromatic heterocycles. The van der Waals surface area contributed by atoms with Gasteiger partial charge >= 0.3 is 0 Å². The summed E-state index contributed by atoms with van der Waals surface area (Å²) in [4.78, 5) is 4.25. The number of hydrogen-bond acceptors (Lipinski definition) is 5. The third kappa shape index (κ3) is 3.02. The number of nitrogens with two attached hydrogens (primary N) is 1. The van der Waals surface area contributed by atoms with Crippen molar-refractivity contribution in [1.82, 2.24) is 20.0 Å². The predicted molar refractivity (Wildman–Crippen MR) is 85.3 cm³/mol. The van der Waals surface area contributed by atoms with Crippen LogP contribution in [0.25, 0.3) is 17.3 Å². The fourth-order valence-corrected chi connectivity index (χ4v) is 2.57. The molecule has 0 unspecified atom stereocenters. The van der Waals surface area contributed by atoms with Crippen molar-refractivity contribution in [2.24, 2.45) is 5.73 Å². The molecule has 0 saturated carbocycles. The van der Waals surface area contributed by atoms with Gasteiger partial charge in [0.2, 0.25) is 5.13 Å². The van der Waals surface area contributed by atoms with Gasteiger partial charge in [0.05, 0.1) is 5.69 Å². The van der Waals surface area contributed by atoms with E-state index in [-0.39, 0.29) is 0 Å². The van der Waals surface area contributed by atoms with Crippen LogP contribution in [0.5, 0.6) is 0 Å². The maximum absolute atomic E-state index is 5.88. The van der Waals surface area contributed by atoms with Crippen molar-refractivity contribution in [1.29, 1.82) is 0 Å².